The number of alkyl halides is 2. The standard InChI is InChI=1S/C18H36F2O/c1-4-6-8-10-12-14-17(3,13-11-9-7-5-2)15-18(19,20)16-21/h21H,4-16H2,1-3H3. The van der Waals surface area contributed by atoms with Crippen molar-refractivity contribution >= 4 is 0 Å². The lowest BCUT2D eigenvalue weighted by atomic mass is 9.75. The van der Waals surface area contributed by atoms with Crippen LogP contribution < -0.4 is 0 Å². The lowest BCUT2D eigenvalue weighted by Gasteiger charge is -2.33. The van der Waals surface area contributed by atoms with Gasteiger partial charge in [-0.3, -0.25) is 0 Å². The quantitative estimate of drug-likeness (QED) is 0.371. The molecule has 0 amide bonds. The van der Waals surface area contributed by atoms with Gasteiger partial charge in [0.1, 0.15) is 6.61 Å². The fraction of sp³-hybridized carbons (Fsp3) is 1.00. The summed E-state index contributed by atoms with van der Waals surface area (Å²) in [5.74, 6) is -2.93. The topological polar surface area (TPSA) is 20.2 Å². The number of hydrogen-bond donors (Lipinski definition) is 1. The lowest BCUT2D eigenvalue weighted by molar-refractivity contribution is -0.0860. The van der Waals surface area contributed by atoms with E-state index in [0.717, 1.165) is 38.5 Å². The summed E-state index contributed by atoms with van der Waals surface area (Å²) in [6.07, 6.45) is 11.9. The zero-order valence-corrected chi connectivity index (χ0v) is 14.4. The largest absolute Gasteiger partial charge is 0.390 e. The maximum atomic E-state index is 13.6. The molecule has 0 spiro atoms. The highest BCUT2D eigenvalue weighted by molar-refractivity contribution is 4.82. The van der Waals surface area contributed by atoms with E-state index in [1.165, 1.54) is 32.1 Å². The third-order valence-corrected chi connectivity index (χ3v) is 4.43. The Bertz CT molecular complexity index is 243. The molecule has 0 aliphatic heterocycles. The molecule has 1 unspecified atom stereocenters. The first-order chi connectivity index (χ1) is 9.89. The van der Waals surface area contributed by atoms with E-state index in [9.17, 15) is 8.78 Å². The Morgan fingerprint density at radius 3 is 1.62 bits per heavy atom. The highest BCUT2D eigenvalue weighted by Crippen LogP contribution is 2.40. The van der Waals surface area contributed by atoms with Gasteiger partial charge in [-0.1, -0.05) is 78.6 Å². The van der Waals surface area contributed by atoms with E-state index >= 15 is 0 Å². The smallest absolute Gasteiger partial charge is 0.271 e. The number of rotatable bonds is 14. The van der Waals surface area contributed by atoms with E-state index in [0.29, 0.717) is 0 Å². The Morgan fingerprint density at radius 2 is 1.19 bits per heavy atom. The molecule has 0 rings (SSSR count). The van der Waals surface area contributed by atoms with Crippen LogP contribution in [0.2, 0.25) is 0 Å². The maximum absolute atomic E-state index is 13.6. The van der Waals surface area contributed by atoms with Gasteiger partial charge in [0.2, 0.25) is 0 Å². The molecule has 0 bridgehead atoms. The summed E-state index contributed by atoms with van der Waals surface area (Å²) in [4.78, 5) is 0. The van der Waals surface area contributed by atoms with Gasteiger partial charge in [-0.2, -0.15) is 0 Å². The van der Waals surface area contributed by atoms with Crippen molar-refractivity contribution in [3.63, 3.8) is 0 Å². The van der Waals surface area contributed by atoms with Crippen LogP contribution in [0.3, 0.4) is 0 Å². The van der Waals surface area contributed by atoms with E-state index in [1.807, 2.05) is 6.92 Å². The first-order valence-corrected chi connectivity index (χ1v) is 8.88. The van der Waals surface area contributed by atoms with Crippen molar-refractivity contribution in [3.8, 4) is 0 Å². The SMILES string of the molecule is CCCCCCCC(C)(CCCCCC)CC(F)(F)CO. The molecule has 1 atom stereocenters. The zero-order chi connectivity index (χ0) is 16.2. The van der Waals surface area contributed by atoms with E-state index in [-0.39, 0.29) is 11.8 Å². The molecule has 0 aromatic heterocycles. The monoisotopic (exact) mass is 306 g/mol. The third-order valence-electron chi connectivity index (χ3n) is 4.43. The summed E-state index contributed by atoms with van der Waals surface area (Å²) in [7, 11) is 0. The Kier molecular flexibility index (Phi) is 11.3. The molecule has 0 aliphatic carbocycles. The minimum absolute atomic E-state index is 0.170. The highest BCUT2D eigenvalue weighted by Gasteiger charge is 2.38. The summed E-state index contributed by atoms with van der Waals surface area (Å²) in [5.41, 5.74) is -0.327. The van der Waals surface area contributed by atoms with Gasteiger partial charge in [0.05, 0.1) is 0 Å². The summed E-state index contributed by atoms with van der Waals surface area (Å²) < 4.78 is 27.2. The van der Waals surface area contributed by atoms with E-state index < -0.39 is 12.5 Å². The van der Waals surface area contributed by atoms with Gasteiger partial charge in [0, 0.05) is 6.42 Å². The Balaban J connectivity index is 4.30. The second-order valence-corrected chi connectivity index (χ2v) is 6.98. The number of aliphatic hydroxyl groups is 1. The molecule has 0 radical (unpaired) electrons. The van der Waals surface area contributed by atoms with Gasteiger partial charge in [0.25, 0.3) is 5.92 Å². The van der Waals surface area contributed by atoms with Crippen molar-refractivity contribution in [3.05, 3.63) is 0 Å². The average molecular weight is 306 g/mol. The summed E-state index contributed by atoms with van der Waals surface area (Å²) in [5, 5.41) is 8.86. The summed E-state index contributed by atoms with van der Waals surface area (Å²) in [6.45, 7) is 5.31. The Hall–Kier alpha value is -0.180. The van der Waals surface area contributed by atoms with Crippen molar-refractivity contribution in [1.82, 2.24) is 0 Å². The molecule has 128 valence electrons. The van der Waals surface area contributed by atoms with Crippen LogP contribution in [0, 0.1) is 5.41 Å². The Morgan fingerprint density at radius 1 is 0.762 bits per heavy atom. The van der Waals surface area contributed by atoms with Crippen LogP contribution in [0.4, 0.5) is 8.78 Å². The summed E-state index contributed by atoms with van der Waals surface area (Å²) in [6, 6.07) is 0. The molecule has 0 aliphatic rings. The molecule has 0 aromatic carbocycles. The first kappa shape index (κ1) is 20.8. The van der Waals surface area contributed by atoms with E-state index in [1.54, 1.807) is 0 Å². The second kappa shape index (κ2) is 11.4. The molecule has 3 heteroatoms. The molecule has 0 saturated heterocycles. The predicted octanol–water partition coefficient (Wildman–Crippen LogP) is 6.34. The maximum Gasteiger partial charge on any atom is 0.271 e. The number of hydrogen-bond acceptors (Lipinski definition) is 1. The molecule has 0 heterocycles. The first-order valence-electron chi connectivity index (χ1n) is 8.88. The third kappa shape index (κ3) is 11.1. The highest BCUT2D eigenvalue weighted by atomic mass is 19.3. The van der Waals surface area contributed by atoms with Crippen molar-refractivity contribution in [2.75, 3.05) is 6.61 Å². The van der Waals surface area contributed by atoms with Gasteiger partial charge < -0.3 is 5.11 Å². The van der Waals surface area contributed by atoms with E-state index in [2.05, 4.69) is 13.8 Å². The minimum atomic E-state index is -2.93. The van der Waals surface area contributed by atoms with E-state index in [4.69, 9.17) is 5.11 Å². The molecule has 1 N–H and O–H groups in total. The van der Waals surface area contributed by atoms with Crippen LogP contribution in [0.5, 0.6) is 0 Å². The fourth-order valence-electron chi connectivity index (χ4n) is 3.12. The van der Waals surface area contributed by atoms with Crippen LogP contribution in [0.15, 0.2) is 0 Å². The van der Waals surface area contributed by atoms with Crippen molar-refractivity contribution < 1.29 is 13.9 Å². The fourth-order valence-corrected chi connectivity index (χ4v) is 3.12. The van der Waals surface area contributed by atoms with Crippen LogP contribution >= 0.6 is 0 Å². The molecule has 0 saturated carbocycles. The molecule has 1 nitrogen and oxygen atoms in total. The molecule has 0 aromatic rings. The normalized spacial score (nSPS) is 15.1. The molecular formula is C18H36F2O. The second-order valence-electron chi connectivity index (χ2n) is 6.98. The van der Waals surface area contributed by atoms with Crippen LogP contribution in [0.1, 0.15) is 97.8 Å². The molecular weight excluding hydrogens is 270 g/mol. The van der Waals surface area contributed by atoms with Crippen LogP contribution in [0.25, 0.3) is 0 Å². The van der Waals surface area contributed by atoms with Crippen molar-refractivity contribution in [2.24, 2.45) is 5.41 Å². The average Bonchev–Trinajstić information content (AvgIpc) is 2.43. The lowest BCUT2D eigenvalue weighted by Crippen LogP contribution is -2.31. The van der Waals surface area contributed by atoms with Gasteiger partial charge in [-0.05, 0) is 18.3 Å². The van der Waals surface area contributed by atoms with Gasteiger partial charge >= 0.3 is 0 Å². The molecule has 21 heavy (non-hydrogen) atoms. The predicted molar refractivity (Wildman–Crippen MR) is 86.9 cm³/mol. The van der Waals surface area contributed by atoms with Crippen molar-refractivity contribution in [2.45, 2.75) is 104 Å². The minimum Gasteiger partial charge on any atom is -0.390 e. The van der Waals surface area contributed by atoms with Gasteiger partial charge in [-0.25, -0.2) is 8.78 Å². The van der Waals surface area contributed by atoms with Crippen LogP contribution in [-0.4, -0.2) is 17.6 Å². The van der Waals surface area contributed by atoms with Gasteiger partial charge in [0.15, 0.2) is 0 Å². The summed E-state index contributed by atoms with van der Waals surface area (Å²) >= 11 is 0. The van der Waals surface area contributed by atoms with Crippen molar-refractivity contribution in [1.29, 1.82) is 0 Å². The molecule has 0 fully saturated rings. The number of aliphatic hydroxyl groups excluding tert-OH is 1. The Labute approximate surface area is 130 Å². The van der Waals surface area contributed by atoms with Gasteiger partial charge in [-0.15, -0.1) is 0 Å². The number of halogens is 2. The number of unbranched alkanes of at least 4 members (excludes halogenated alkanes) is 7. The van der Waals surface area contributed by atoms with Crippen LogP contribution in [-0.2, 0) is 0 Å². The zero-order valence-electron chi connectivity index (χ0n) is 14.4.